The van der Waals surface area contributed by atoms with Gasteiger partial charge in [-0.1, -0.05) is 26.7 Å². The predicted molar refractivity (Wildman–Crippen MR) is 95.0 cm³/mol. The topological polar surface area (TPSA) is 68.1 Å². The van der Waals surface area contributed by atoms with Crippen LogP contribution in [0.2, 0.25) is 0 Å². The van der Waals surface area contributed by atoms with E-state index in [1.54, 1.807) is 11.0 Å². The molecule has 24 heavy (non-hydrogen) atoms. The van der Waals surface area contributed by atoms with E-state index in [0.717, 1.165) is 49.7 Å². The number of anilines is 1. The maximum atomic E-state index is 5.53. The Bertz CT molecular complexity index is 648. The fourth-order valence-electron chi connectivity index (χ4n) is 3.64. The van der Waals surface area contributed by atoms with Crippen LogP contribution in [0, 0.1) is 5.92 Å². The number of hydrogen-bond acceptors (Lipinski definition) is 6. The molecule has 0 unspecified atom stereocenters. The zero-order chi connectivity index (χ0) is 16.9. The zero-order valence-corrected chi connectivity index (χ0v) is 14.9. The number of nitrogens with zero attached hydrogens (tertiary/aromatic N) is 5. The number of rotatable bonds is 7. The average Bonchev–Trinajstić information content (AvgIpc) is 3.01. The quantitative estimate of drug-likeness (QED) is 0.835. The molecule has 0 radical (unpaired) electrons. The second kappa shape index (κ2) is 7.90. The molecule has 1 aliphatic rings. The minimum Gasteiger partial charge on any atom is -0.379 e. The van der Waals surface area contributed by atoms with E-state index in [0.29, 0.717) is 12.0 Å². The Morgan fingerprint density at radius 2 is 1.96 bits per heavy atom. The standard InChI is InChI=1S/C17H28N6O/c1-4-13(5-2)15(23-6-8-24-9-7-23)11-18-16-14-10-21-22(3)17(14)20-12-19-16/h10,12-13,15H,4-9,11H2,1-3H3,(H,18,19,20)/t15-/m1/s1. The molecule has 0 saturated carbocycles. The van der Waals surface area contributed by atoms with Gasteiger partial charge < -0.3 is 10.1 Å². The second-order valence-electron chi connectivity index (χ2n) is 6.40. The van der Waals surface area contributed by atoms with Crippen LogP contribution in [-0.2, 0) is 11.8 Å². The molecule has 2 aromatic rings. The van der Waals surface area contributed by atoms with Crippen LogP contribution >= 0.6 is 0 Å². The molecule has 0 bridgehead atoms. The van der Waals surface area contributed by atoms with E-state index in [-0.39, 0.29) is 0 Å². The molecule has 1 saturated heterocycles. The highest BCUT2D eigenvalue weighted by molar-refractivity contribution is 5.85. The molecule has 2 aromatic heterocycles. The van der Waals surface area contributed by atoms with Crippen molar-refractivity contribution in [1.29, 1.82) is 0 Å². The summed E-state index contributed by atoms with van der Waals surface area (Å²) in [5.41, 5.74) is 0.859. The maximum absolute atomic E-state index is 5.53. The number of nitrogens with one attached hydrogen (secondary N) is 1. The van der Waals surface area contributed by atoms with Crippen LogP contribution in [0.15, 0.2) is 12.5 Å². The van der Waals surface area contributed by atoms with E-state index in [2.05, 4.69) is 39.1 Å². The lowest BCUT2D eigenvalue weighted by atomic mass is 9.92. The summed E-state index contributed by atoms with van der Waals surface area (Å²) in [6.07, 6.45) is 5.81. The second-order valence-corrected chi connectivity index (χ2v) is 6.40. The zero-order valence-electron chi connectivity index (χ0n) is 14.9. The number of hydrogen-bond donors (Lipinski definition) is 1. The molecular formula is C17H28N6O. The van der Waals surface area contributed by atoms with Gasteiger partial charge >= 0.3 is 0 Å². The number of morpholine rings is 1. The normalized spacial score (nSPS) is 17.5. The number of aryl methyl sites for hydroxylation is 1. The Morgan fingerprint density at radius 1 is 1.21 bits per heavy atom. The van der Waals surface area contributed by atoms with Crippen LogP contribution in [0.3, 0.4) is 0 Å². The highest BCUT2D eigenvalue weighted by Gasteiger charge is 2.27. The van der Waals surface area contributed by atoms with E-state index >= 15 is 0 Å². The third-order valence-electron chi connectivity index (χ3n) is 5.12. The third-order valence-corrected chi connectivity index (χ3v) is 5.12. The highest BCUT2D eigenvalue weighted by atomic mass is 16.5. The highest BCUT2D eigenvalue weighted by Crippen LogP contribution is 2.22. The van der Waals surface area contributed by atoms with Gasteiger partial charge in [0.05, 0.1) is 24.8 Å². The molecule has 1 N–H and O–H groups in total. The van der Waals surface area contributed by atoms with Gasteiger partial charge in [-0.15, -0.1) is 0 Å². The first-order valence-electron chi connectivity index (χ1n) is 8.93. The van der Waals surface area contributed by atoms with Gasteiger partial charge in [0.1, 0.15) is 12.1 Å². The average molecular weight is 332 g/mol. The molecule has 7 heteroatoms. The Kier molecular flexibility index (Phi) is 5.63. The summed E-state index contributed by atoms with van der Waals surface area (Å²) in [5.74, 6) is 1.54. The van der Waals surface area contributed by atoms with Gasteiger partial charge in [-0.05, 0) is 5.92 Å². The van der Waals surface area contributed by atoms with Gasteiger partial charge in [0.15, 0.2) is 5.65 Å². The first-order chi connectivity index (χ1) is 11.7. The molecule has 1 aliphatic heterocycles. The van der Waals surface area contributed by atoms with E-state index in [1.165, 1.54) is 12.8 Å². The van der Waals surface area contributed by atoms with Crippen LogP contribution in [0.25, 0.3) is 11.0 Å². The Labute approximate surface area is 143 Å². The molecule has 0 aliphatic carbocycles. The number of aromatic nitrogens is 4. The summed E-state index contributed by atoms with van der Waals surface area (Å²) >= 11 is 0. The lowest BCUT2D eigenvalue weighted by Gasteiger charge is -2.39. The van der Waals surface area contributed by atoms with E-state index in [9.17, 15) is 0 Å². The lowest BCUT2D eigenvalue weighted by molar-refractivity contribution is 0.00488. The summed E-state index contributed by atoms with van der Waals surface area (Å²) < 4.78 is 7.31. The summed E-state index contributed by atoms with van der Waals surface area (Å²) in [6.45, 7) is 9.13. The third kappa shape index (κ3) is 3.52. The molecule has 132 valence electrons. The van der Waals surface area contributed by atoms with Crippen molar-refractivity contribution in [2.45, 2.75) is 32.7 Å². The fourth-order valence-corrected chi connectivity index (χ4v) is 3.64. The van der Waals surface area contributed by atoms with Crippen LogP contribution in [0.1, 0.15) is 26.7 Å². The molecule has 1 fully saturated rings. The molecule has 0 amide bonds. The van der Waals surface area contributed by atoms with Crippen molar-refractivity contribution in [2.75, 3.05) is 38.2 Å². The van der Waals surface area contributed by atoms with Crippen molar-refractivity contribution in [3.05, 3.63) is 12.5 Å². The molecule has 0 aromatic carbocycles. The van der Waals surface area contributed by atoms with Gasteiger partial charge in [-0.3, -0.25) is 9.58 Å². The summed E-state index contributed by atoms with van der Waals surface area (Å²) in [7, 11) is 1.90. The van der Waals surface area contributed by atoms with E-state index in [4.69, 9.17) is 4.74 Å². The molecule has 3 rings (SSSR count). The summed E-state index contributed by atoms with van der Waals surface area (Å²) in [5, 5.41) is 8.83. The Balaban J connectivity index is 1.76. The SMILES string of the molecule is CCC(CC)[C@@H](CNc1ncnc2c1cnn2C)N1CCOCC1. The minimum atomic E-state index is 0.491. The van der Waals surface area contributed by atoms with Crippen molar-refractivity contribution in [3.63, 3.8) is 0 Å². The smallest absolute Gasteiger partial charge is 0.163 e. The molecule has 1 atom stereocenters. The Morgan fingerprint density at radius 3 is 2.67 bits per heavy atom. The summed E-state index contributed by atoms with van der Waals surface area (Å²) in [4.78, 5) is 11.3. The Hall–Kier alpha value is -1.73. The monoisotopic (exact) mass is 332 g/mol. The molecule has 3 heterocycles. The fraction of sp³-hybridized carbons (Fsp3) is 0.706. The van der Waals surface area contributed by atoms with Gasteiger partial charge in [0.25, 0.3) is 0 Å². The van der Waals surface area contributed by atoms with Gasteiger partial charge in [0.2, 0.25) is 0 Å². The van der Waals surface area contributed by atoms with Crippen molar-refractivity contribution in [3.8, 4) is 0 Å². The van der Waals surface area contributed by atoms with Crippen molar-refractivity contribution in [2.24, 2.45) is 13.0 Å². The summed E-state index contributed by atoms with van der Waals surface area (Å²) in [6, 6.07) is 0.491. The minimum absolute atomic E-state index is 0.491. The first kappa shape index (κ1) is 17.1. The van der Waals surface area contributed by atoms with Crippen molar-refractivity contribution < 1.29 is 4.74 Å². The lowest BCUT2D eigenvalue weighted by Crippen LogP contribution is -2.50. The van der Waals surface area contributed by atoms with Crippen LogP contribution in [-0.4, -0.2) is 63.5 Å². The number of fused-ring (bicyclic) bond motifs is 1. The van der Waals surface area contributed by atoms with Crippen LogP contribution in [0.5, 0.6) is 0 Å². The molecular weight excluding hydrogens is 304 g/mol. The van der Waals surface area contributed by atoms with E-state index in [1.807, 2.05) is 13.2 Å². The van der Waals surface area contributed by atoms with Crippen LogP contribution < -0.4 is 5.32 Å². The van der Waals surface area contributed by atoms with E-state index < -0.39 is 0 Å². The first-order valence-corrected chi connectivity index (χ1v) is 8.93. The molecule has 7 nitrogen and oxygen atoms in total. The van der Waals surface area contributed by atoms with Crippen LogP contribution in [0.4, 0.5) is 5.82 Å². The van der Waals surface area contributed by atoms with Crippen molar-refractivity contribution in [1.82, 2.24) is 24.6 Å². The van der Waals surface area contributed by atoms with Gasteiger partial charge in [0, 0.05) is 32.7 Å². The van der Waals surface area contributed by atoms with Gasteiger partial charge in [-0.25, -0.2) is 9.97 Å². The van der Waals surface area contributed by atoms with Gasteiger partial charge in [-0.2, -0.15) is 5.10 Å². The number of ether oxygens (including phenoxy) is 1. The largest absolute Gasteiger partial charge is 0.379 e. The predicted octanol–water partition coefficient (Wildman–Crippen LogP) is 1.91. The van der Waals surface area contributed by atoms with Crippen molar-refractivity contribution >= 4 is 16.9 Å². The maximum Gasteiger partial charge on any atom is 0.163 e. The molecule has 0 spiro atoms.